The molecule has 1 heterocycles. The van der Waals surface area contributed by atoms with E-state index >= 15 is 0 Å². The van der Waals surface area contributed by atoms with Gasteiger partial charge in [0, 0.05) is 18.7 Å². The van der Waals surface area contributed by atoms with Crippen LogP contribution in [0.2, 0.25) is 0 Å². The Bertz CT molecular complexity index is 1030. The van der Waals surface area contributed by atoms with Crippen LogP contribution in [0.15, 0.2) is 78.9 Å². The first kappa shape index (κ1) is 19.7. The lowest BCUT2D eigenvalue weighted by atomic mass is 9.91. The van der Waals surface area contributed by atoms with Crippen molar-refractivity contribution in [1.82, 2.24) is 10.2 Å². The average molecular weight is 400 g/mol. The van der Waals surface area contributed by atoms with Gasteiger partial charge in [-0.1, -0.05) is 54.6 Å². The highest BCUT2D eigenvalue weighted by molar-refractivity contribution is 5.98. The van der Waals surface area contributed by atoms with Crippen molar-refractivity contribution in [3.05, 3.63) is 101 Å². The predicted octanol–water partition coefficient (Wildman–Crippen LogP) is 3.75. The zero-order chi connectivity index (χ0) is 20.9. The molecule has 1 N–H and O–H groups in total. The van der Waals surface area contributed by atoms with E-state index in [1.165, 1.54) is 0 Å². The second-order valence-electron chi connectivity index (χ2n) is 7.28. The molecule has 1 aliphatic rings. The van der Waals surface area contributed by atoms with Gasteiger partial charge in [-0.05, 0) is 47.4 Å². The molecule has 1 aliphatic heterocycles. The minimum Gasteiger partial charge on any atom is -0.497 e. The van der Waals surface area contributed by atoms with Crippen molar-refractivity contribution in [3.8, 4) is 5.75 Å². The second-order valence-corrected chi connectivity index (χ2v) is 7.28. The molecule has 30 heavy (non-hydrogen) atoms. The van der Waals surface area contributed by atoms with Crippen LogP contribution in [0.4, 0.5) is 0 Å². The summed E-state index contributed by atoms with van der Waals surface area (Å²) < 4.78 is 5.18. The molecule has 4 rings (SSSR count). The minimum absolute atomic E-state index is 0.130. The van der Waals surface area contributed by atoms with E-state index in [0.717, 1.165) is 28.9 Å². The summed E-state index contributed by atoms with van der Waals surface area (Å²) in [4.78, 5) is 28.2. The molecule has 5 heteroatoms. The largest absolute Gasteiger partial charge is 0.497 e. The van der Waals surface area contributed by atoms with Gasteiger partial charge in [-0.3, -0.25) is 9.59 Å². The van der Waals surface area contributed by atoms with Crippen molar-refractivity contribution in [2.45, 2.75) is 19.0 Å². The van der Waals surface area contributed by atoms with E-state index in [4.69, 9.17) is 4.74 Å². The van der Waals surface area contributed by atoms with Crippen molar-refractivity contribution in [1.29, 1.82) is 0 Å². The number of carbonyl (C=O) groups is 2. The van der Waals surface area contributed by atoms with Crippen LogP contribution >= 0.6 is 0 Å². The van der Waals surface area contributed by atoms with E-state index in [0.29, 0.717) is 18.7 Å². The molecule has 3 aromatic rings. The van der Waals surface area contributed by atoms with E-state index in [9.17, 15) is 9.59 Å². The van der Waals surface area contributed by atoms with Crippen LogP contribution < -0.4 is 10.1 Å². The highest BCUT2D eigenvalue weighted by Crippen LogP contribution is 2.31. The second kappa shape index (κ2) is 8.82. The number of hydrogen-bond donors (Lipinski definition) is 1. The number of fused-ring (bicyclic) bond motifs is 1. The maximum Gasteiger partial charge on any atom is 0.254 e. The molecule has 5 nitrogen and oxygen atoms in total. The molecule has 1 atom stereocenters. The Balaban J connectivity index is 1.58. The lowest BCUT2D eigenvalue weighted by molar-refractivity contribution is -0.126. The molecule has 0 aromatic heterocycles. The fourth-order valence-corrected chi connectivity index (χ4v) is 3.84. The number of rotatable bonds is 5. The number of ether oxygens (including phenoxy) is 1. The number of methoxy groups -OCH3 is 1. The van der Waals surface area contributed by atoms with Crippen LogP contribution in [0, 0.1) is 0 Å². The van der Waals surface area contributed by atoms with Crippen LogP contribution in [0.5, 0.6) is 5.75 Å². The van der Waals surface area contributed by atoms with Gasteiger partial charge in [-0.15, -0.1) is 0 Å². The molecule has 0 aliphatic carbocycles. The number of carbonyl (C=O) groups excluding carboxylic acids is 2. The molecule has 0 spiro atoms. The fraction of sp³-hybridized carbons (Fsp3) is 0.200. The van der Waals surface area contributed by atoms with Gasteiger partial charge in [0.15, 0.2) is 0 Å². The third-order valence-corrected chi connectivity index (χ3v) is 5.44. The standard InChI is InChI=1S/C25H24N2O3/c1-30-21-13-11-18(12-14-21)17-26-24(28)23-22-10-6-5-7-19(22)15-16-27(23)25(29)20-8-3-2-4-9-20/h2-14,23H,15-17H2,1H3,(H,26,28)/t23-/m0/s1. The lowest BCUT2D eigenvalue weighted by Crippen LogP contribution is -2.47. The van der Waals surface area contributed by atoms with Crippen LogP contribution in [0.3, 0.4) is 0 Å². The fourth-order valence-electron chi connectivity index (χ4n) is 3.84. The molecule has 0 saturated carbocycles. The van der Waals surface area contributed by atoms with Crippen molar-refractivity contribution in [2.75, 3.05) is 13.7 Å². The zero-order valence-corrected chi connectivity index (χ0v) is 16.9. The van der Waals surface area contributed by atoms with Gasteiger partial charge < -0.3 is 15.0 Å². The van der Waals surface area contributed by atoms with E-state index in [-0.39, 0.29) is 11.8 Å². The van der Waals surface area contributed by atoms with Crippen molar-refractivity contribution in [2.24, 2.45) is 0 Å². The highest BCUT2D eigenvalue weighted by atomic mass is 16.5. The summed E-state index contributed by atoms with van der Waals surface area (Å²) in [6.45, 7) is 0.889. The van der Waals surface area contributed by atoms with Crippen molar-refractivity contribution >= 4 is 11.8 Å². The van der Waals surface area contributed by atoms with E-state index < -0.39 is 6.04 Å². The third-order valence-electron chi connectivity index (χ3n) is 5.44. The molecule has 0 radical (unpaired) electrons. The zero-order valence-electron chi connectivity index (χ0n) is 16.9. The Morgan fingerprint density at radius 1 is 0.967 bits per heavy atom. The van der Waals surface area contributed by atoms with Crippen LogP contribution in [-0.4, -0.2) is 30.4 Å². The maximum absolute atomic E-state index is 13.3. The summed E-state index contributed by atoms with van der Waals surface area (Å²) in [6, 6.07) is 23.9. The Kier molecular flexibility index (Phi) is 5.80. The van der Waals surface area contributed by atoms with Gasteiger partial charge in [0.25, 0.3) is 5.91 Å². The van der Waals surface area contributed by atoms with Gasteiger partial charge in [-0.25, -0.2) is 0 Å². The van der Waals surface area contributed by atoms with Gasteiger partial charge in [-0.2, -0.15) is 0 Å². The lowest BCUT2D eigenvalue weighted by Gasteiger charge is -2.36. The number of nitrogens with one attached hydrogen (secondary N) is 1. The molecule has 0 fully saturated rings. The van der Waals surface area contributed by atoms with E-state index in [2.05, 4.69) is 5.32 Å². The highest BCUT2D eigenvalue weighted by Gasteiger charge is 2.36. The van der Waals surface area contributed by atoms with E-state index in [1.807, 2.05) is 66.7 Å². The SMILES string of the molecule is COc1ccc(CNC(=O)[C@@H]2c3ccccc3CCN2C(=O)c2ccccc2)cc1. The summed E-state index contributed by atoms with van der Waals surface area (Å²) >= 11 is 0. The summed E-state index contributed by atoms with van der Waals surface area (Å²) in [7, 11) is 1.62. The first-order valence-electron chi connectivity index (χ1n) is 10.0. The quantitative estimate of drug-likeness (QED) is 0.710. The maximum atomic E-state index is 13.3. The van der Waals surface area contributed by atoms with Crippen LogP contribution in [0.1, 0.15) is 33.1 Å². The van der Waals surface area contributed by atoms with Crippen molar-refractivity contribution in [3.63, 3.8) is 0 Å². The molecule has 0 saturated heterocycles. The molecular weight excluding hydrogens is 376 g/mol. The predicted molar refractivity (Wildman–Crippen MR) is 115 cm³/mol. The topological polar surface area (TPSA) is 58.6 Å². The molecule has 0 bridgehead atoms. The molecule has 0 unspecified atom stereocenters. The number of hydrogen-bond acceptors (Lipinski definition) is 3. The number of nitrogens with zero attached hydrogens (tertiary/aromatic N) is 1. The number of benzene rings is 3. The first-order valence-corrected chi connectivity index (χ1v) is 10.0. The molecule has 2 amide bonds. The van der Waals surface area contributed by atoms with Gasteiger partial charge >= 0.3 is 0 Å². The van der Waals surface area contributed by atoms with Gasteiger partial charge in [0.05, 0.1) is 7.11 Å². The van der Waals surface area contributed by atoms with E-state index in [1.54, 1.807) is 24.1 Å². The molecule has 152 valence electrons. The van der Waals surface area contributed by atoms with Crippen LogP contribution in [-0.2, 0) is 17.8 Å². The summed E-state index contributed by atoms with van der Waals surface area (Å²) in [5, 5.41) is 3.01. The Labute approximate surface area is 176 Å². The number of amides is 2. The van der Waals surface area contributed by atoms with Gasteiger partial charge in [0.2, 0.25) is 5.91 Å². The molecular formula is C25H24N2O3. The summed E-state index contributed by atoms with van der Waals surface area (Å²) in [6.07, 6.45) is 0.733. The van der Waals surface area contributed by atoms with Crippen LogP contribution in [0.25, 0.3) is 0 Å². The van der Waals surface area contributed by atoms with Gasteiger partial charge in [0.1, 0.15) is 11.8 Å². The summed E-state index contributed by atoms with van der Waals surface area (Å²) in [5.74, 6) is 0.461. The first-order chi connectivity index (χ1) is 14.7. The minimum atomic E-state index is -0.652. The average Bonchev–Trinajstić information content (AvgIpc) is 2.82. The Morgan fingerprint density at radius 2 is 1.67 bits per heavy atom. The normalized spacial score (nSPS) is 15.2. The monoisotopic (exact) mass is 400 g/mol. The smallest absolute Gasteiger partial charge is 0.254 e. The Hall–Kier alpha value is -3.60. The van der Waals surface area contributed by atoms with Crippen molar-refractivity contribution < 1.29 is 14.3 Å². The summed E-state index contributed by atoms with van der Waals surface area (Å²) in [5.41, 5.74) is 3.55. The Morgan fingerprint density at radius 3 is 2.40 bits per heavy atom. The third kappa shape index (κ3) is 4.06. The molecule has 3 aromatic carbocycles.